The maximum Gasteiger partial charge on any atom is 0.273 e. The maximum absolute atomic E-state index is 13.9. The number of benzene rings is 2. The van der Waals surface area contributed by atoms with Gasteiger partial charge in [-0.2, -0.15) is 0 Å². The number of amides is 1. The molecular formula is C25H29FN4O2. The summed E-state index contributed by atoms with van der Waals surface area (Å²) in [7, 11) is 0. The zero-order valence-electron chi connectivity index (χ0n) is 18.6. The van der Waals surface area contributed by atoms with Crippen molar-refractivity contribution in [2.24, 2.45) is 0 Å². The van der Waals surface area contributed by atoms with E-state index in [1.165, 1.54) is 16.3 Å². The van der Waals surface area contributed by atoms with Crippen molar-refractivity contribution in [1.82, 2.24) is 20.3 Å². The van der Waals surface area contributed by atoms with Crippen LogP contribution in [-0.2, 0) is 16.7 Å². The van der Waals surface area contributed by atoms with E-state index >= 15 is 0 Å². The SMILES string of the molecule is CC1(C)CC(CCNC(=O)c2cn(Cc3ccccc3F)nn2)(c2ccccc2)CCO1. The summed E-state index contributed by atoms with van der Waals surface area (Å²) in [6.45, 7) is 5.68. The molecule has 1 aliphatic heterocycles. The quantitative estimate of drug-likeness (QED) is 0.605. The highest BCUT2D eigenvalue weighted by Crippen LogP contribution is 2.43. The van der Waals surface area contributed by atoms with Crippen molar-refractivity contribution >= 4 is 5.91 Å². The molecule has 1 unspecified atom stereocenters. The molecule has 1 aliphatic rings. The Balaban J connectivity index is 1.40. The van der Waals surface area contributed by atoms with Gasteiger partial charge in [-0.25, -0.2) is 9.07 Å². The summed E-state index contributed by atoms with van der Waals surface area (Å²) < 4.78 is 21.3. The minimum atomic E-state index is -0.306. The lowest BCUT2D eigenvalue weighted by Crippen LogP contribution is -2.45. The molecule has 6 nitrogen and oxygen atoms in total. The van der Waals surface area contributed by atoms with Gasteiger partial charge in [-0.05, 0) is 44.7 Å². The largest absolute Gasteiger partial charge is 0.376 e. The number of hydrogen-bond donors (Lipinski definition) is 1. The Bertz CT molecular complexity index is 1070. The van der Waals surface area contributed by atoms with Gasteiger partial charge in [0.2, 0.25) is 0 Å². The molecule has 32 heavy (non-hydrogen) atoms. The fourth-order valence-corrected chi connectivity index (χ4v) is 4.66. The first kappa shape index (κ1) is 22.1. The van der Waals surface area contributed by atoms with E-state index in [0.717, 1.165) is 19.3 Å². The minimum absolute atomic E-state index is 0.0568. The van der Waals surface area contributed by atoms with Crippen molar-refractivity contribution in [3.8, 4) is 0 Å². The van der Waals surface area contributed by atoms with Crippen LogP contribution in [0.3, 0.4) is 0 Å². The lowest BCUT2D eigenvalue weighted by molar-refractivity contribution is -0.0838. The number of hydrogen-bond acceptors (Lipinski definition) is 4. The highest BCUT2D eigenvalue weighted by atomic mass is 19.1. The van der Waals surface area contributed by atoms with E-state index in [1.54, 1.807) is 24.4 Å². The number of carbonyl (C=O) groups is 1. The molecule has 3 aromatic rings. The molecule has 2 aromatic carbocycles. The number of ether oxygens (including phenoxy) is 1. The van der Waals surface area contributed by atoms with Crippen molar-refractivity contribution in [2.75, 3.05) is 13.2 Å². The van der Waals surface area contributed by atoms with Gasteiger partial charge in [-0.3, -0.25) is 4.79 Å². The highest BCUT2D eigenvalue weighted by Gasteiger charge is 2.41. The molecule has 0 saturated carbocycles. The van der Waals surface area contributed by atoms with Crippen LogP contribution in [0.15, 0.2) is 60.8 Å². The second-order valence-electron chi connectivity index (χ2n) is 9.08. The van der Waals surface area contributed by atoms with Gasteiger partial charge in [0.1, 0.15) is 5.82 Å². The summed E-state index contributed by atoms with van der Waals surface area (Å²) >= 11 is 0. The number of nitrogens with one attached hydrogen (secondary N) is 1. The van der Waals surface area contributed by atoms with Gasteiger partial charge < -0.3 is 10.1 Å². The Morgan fingerprint density at radius 1 is 1.16 bits per heavy atom. The molecule has 4 rings (SSSR count). The summed E-state index contributed by atoms with van der Waals surface area (Å²) in [5.41, 5.74) is 1.73. The molecule has 1 N–H and O–H groups in total. The van der Waals surface area contributed by atoms with Gasteiger partial charge in [0.05, 0.1) is 18.3 Å². The summed E-state index contributed by atoms with van der Waals surface area (Å²) in [4.78, 5) is 12.7. The van der Waals surface area contributed by atoms with Crippen LogP contribution in [0.4, 0.5) is 4.39 Å². The van der Waals surface area contributed by atoms with E-state index in [1.807, 2.05) is 6.07 Å². The molecule has 0 aliphatic carbocycles. The summed E-state index contributed by atoms with van der Waals surface area (Å²) in [5, 5.41) is 10.9. The van der Waals surface area contributed by atoms with Gasteiger partial charge in [0, 0.05) is 24.1 Å². The first-order valence-corrected chi connectivity index (χ1v) is 11.0. The van der Waals surface area contributed by atoms with E-state index in [0.29, 0.717) is 18.7 Å². The molecule has 1 atom stereocenters. The number of aromatic nitrogens is 3. The maximum atomic E-state index is 13.9. The van der Waals surface area contributed by atoms with Crippen molar-refractivity contribution < 1.29 is 13.9 Å². The number of rotatable bonds is 7. The molecule has 0 bridgehead atoms. The van der Waals surface area contributed by atoms with Crippen LogP contribution in [0.1, 0.15) is 54.7 Å². The van der Waals surface area contributed by atoms with Crippen LogP contribution in [0, 0.1) is 5.82 Å². The van der Waals surface area contributed by atoms with Crippen molar-refractivity contribution in [2.45, 2.75) is 50.7 Å². The van der Waals surface area contributed by atoms with Crippen molar-refractivity contribution in [3.05, 3.63) is 83.4 Å². The topological polar surface area (TPSA) is 69.0 Å². The second kappa shape index (κ2) is 9.20. The third kappa shape index (κ3) is 5.05. The number of carbonyl (C=O) groups excluding carboxylic acids is 1. The fourth-order valence-electron chi connectivity index (χ4n) is 4.66. The van der Waals surface area contributed by atoms with E-state index < -0.39 is 0 Å². The van der Waals surface area contributed by atoms with Crippen LogP contribution in [0.5, 0.6) is 0 Å². The van der Waals surface area contributed by atoms with Crippen molar-refractivity contribution in [1.29, 1.82) is 0 Å². The number of halogens is 1. The zero-order chi connectivity index (χ0) is 22.6. The molecule has 168 valence electrons. The van der Waals surface area contributed by atoms with Crippen LogP contribution >= 0.6 is 0 Å². The standard InChI is InChI=1S/C25H29FN4O2/c1-24(2)18-25(13-15-32-24,20-9-4-3-5-10-20)12-14-27-23(31)22-17-30(29-28-22)16-19-8-6-7-11-21(19)26/h3-11,17H,12-16,18H2,1-2H3,(H,27,31). The van der Waals surface area contributed by atoms with Gasteiger partial charge in [-0.1, -0.05) is 53.7 Å². The average molecular weight is 437 g/mol. The zero-order valence-corrected chi connectivity index (χ0v) is 18.6. The predicted molar refractivity (Wildman–Crippen MR) is 120 cm³/mol. The first-order valence-electron chi connectivity index (χ1n) is 11.0. The Kier molecular flexibility index (Phi) is 6.37. The highest BCUT2D eigenvalue weighted by molar-refractivity contribution is 5.91. The third-order valence-electron chi connectivity index (χ3n) is 6.17. The Morgan fingerprint density at radius 2 is 1.91 bits per heavy atom. The second-order valence-corrected chi connectivity index (χ2v) is 9.08. The average Bonchev–Trinajstić information content (AvgIpc) is 3.24. The van der Waals surface area contributed by atoms with Crippen LogP contribution in [-0.4, -0.2) is 39.7 Å². The van der Waals surface area contributed by atoms with E-state index in [4.69, 9.17) is 4.74 Å². The molecular weight excluding hydrogens is 407 g/mol. The number of nitrogens with zero attached hydrogens (tertiary/aromatic N) is 3. The van der Waals surface area contributed by atoms with Crippen LogP contribution in [0.2, 0.25) is 0 Å². The Hall–Kier alpha value is -3.06. The fraction of sp³-hybridized carbons (Fsp3) is 0.400. The van der Waals surface area contributed by atoms with Gasteiger partial charge >= 0.3 is 0 Å². The van der Waals surface area contributed by atoms with Crippen LogP contribution < -0.4 is 5.32 Å². The molecule has 2 heterocycles. The summed E-state index contributed by atoms with van der Waals surface area (Å²) in [6.07, 6.45) is 4.15. The smallest absolute Gasteiger partial charge is 0.273 e. The normalized spacial score (nSPS) is 20.1. The lowest BCUT2D eigenvalue weighted by Gasteiger charge is -2.45. The minimum Gasteiger partial charge on any atom is -0.376 e. The van der Waals surface area contributed by atoms with Crippen molar-refractivity contribution in [3.63, 3.8) is 0 Å². The van der Waals surface area contributed by atoms with Crippen LogP contribution in [0.25, 0.3) is 0 Å². The molecule has 0 radical (unpaired) electrons. The van der Waals surface area contributed by atoms with E-state index in [2.05, 4.69) is 53.7 Å². The van der Waals surface area contributed by atoms with Gasteiger partial charge in [0.25, 0.3) is 5.91 Å². The summed E-state index contributed by atoms with van der Waals surface area (Å²) in [6, 6.07) is 17.0. The molecule has 0 spiro atoms. The van der Waals surface area contributed by atoms with E-state index in [-0.39, 0.29) is 35.0 Å². The van der Waals surface area contributed by atoms with Gasteiger partial charge in [0.15, 0.2) is 5.69 Å². The lowest BCUT2D eigenvalue weighted by atomic mass is 9.67. The monoisotopic (exact) mass is 436 g/mol. The first-order chi connectivity index (χ1) is 15.4. The molecule has 7 heteroatoms. The molecule has 1 fully saturated rings. The molecule has 1 amide bonds. The van der Waals surface area contributed by atoms with E-state index in [9.17, 15) is 9.18 Å². The van der Waals surface area contributed by atoms with Gasteiger partial charge in [-0.15, -0.1) is 5.10 Å². The Labute approximate surface area is 187 Å². The molecule has 1 saturated heterocycles. The summed E-state index contributed by atoms with van der Waals surface area (Å²) in [5.74, 6) is -0.584. The Morgan fingerprint density at radius 3 is 2.66 bits per heavy atom. The third-order valence-corrected chi connectivity index (χ3v) is 6.17. The molecule has 1 aromatic heterocycles. The predicted octanol–water partition coefficient (Wildman–Crippen LogP) is 4.11.